The van der Waals surface area contributed by atoms with Gasteiger partial charge in [0.2, 0.25) is 0 Å². The van der Waals surface area contributed by atoms with Crippen LogP contribution in [0.4, 0.5) is 0 Å². The Bertz CT molecular complexity index is 413. The summed E-state index contributed by atoms with van der Waals surface area (Å²) in [5, 5.41) is 9.86. The maximum atomic E-state index is 10.8. The molecule has 0 saturated carbocycles. The highest BCUT2D eigenvalue weighted by molar-refractivity contribution is 5.61. The molecule has 1 aromatic carbocycles. The number of aldehydes is 1. The quantitative estimate of drug-likeness (QED) is 0.808. The molecule has 2 heteroatoms. The lowest BCUT2D eigenvalue weighted by molar-refractivity contribution is -0.118. The Balaban J connectivity index is 2.76. The van der Waals surface area contributed by atoms with Gasteiger partial charge in [-0.05, 0) is 17.0 Å². The molecule has 0 saturated heterocycles. The fourth-order valence-electron chi connectivity index (χ4n) is 1.51. The SMILES string of the molecule is CC(C)c1ccc(C=CC(O)C(C)(C)C=O)cc1. The summed E-state index contributed by atoms with van der Waals surface area (Å²) in [5.74, 6) is 0.516. The number of aliphatic hydroxyl groups is 1. The van der Waals surface area contributed by atoms with Crippen LogP contribution in [0.5, 0.6) is 0 Å². The van der Waals surface area contributed by atoms with Gasteiger partial charge in [-0.3, -0.25) is 0 Å². The van der Waals surface area contributed by atoms with Crippen LogP contribution in [-0.2, 0) is 4.79 Å². The highest BCUT2D eigenvalue weighted by Crippen LogP contribution is 2.20. The van der Waals surface area contributed by atoms with Crippen LogP contribution in [0.2, 0.25) is 0 Å². The van der Waals surface area contributed by atoms with Crippen LogP contribution in [0.1, 0.15) is 44.7 Å². The van der Waals surface area contributed by atoms with E-state index in [9.17, 15) is 9.90 Å². The number of rotatable bonds is 5. The maximum Gasteiger partial charge on any atom is 0.128 e. The zero-order valence-corrected chi connectivity index (χ0v) is 11.6. The van der Waals surface area contributed by atoms with Gasteiger partial charge < -0.3 is 9.90 Å². The normalized spacial score (nSPS) is 14.1. The van der Waals surface area contributed by atoms with Gasteiger partial charge in [0, 0.05) is 5.41 Å². The second kappa shape index (κ2) is 5.96. The van der Waals surface area contributed by atoms with Crippen molar-refractivity contribution in [1.29, 1.82) is 0 Å². The first-order valence-electron chi connectivity index (χ1n) is 6.29. The van der Waals surface area contributed by atoms with Crippen molar-refractivity contribution in [3.8, 4) is 0 Å². The fourth-order valence-corrected chi connectivity index (χ4v) is 1.51. The van der Waals surface area contributed by atoms with E-state index in [1.807, 2.05) is 18.2 Å². The molecule has 0 heterocycles. The summed E-state index contributed by atoms with van der Waals surface area (Å²) in [6, 6.07) is 8.21. The zero-order chi connectivity index (χ0) is 13.8. The van der Waals surface area contributed by atoms with Crippen LogP contribution in [-0.4, -0.2) is 17.5 Å². The fraction of sp³-hybridized carbons (Fsp3) is 0.438. The van der Waals surface area contributed by atoms with Crippen molar-refractivity contribution in [3.63, 3.8) is 0 Å². The molecule has 0 bridgehead atoms. The first-order chi connectivity index (χ1) is 8.36. The molecule has 0 fully saturated rings. The summed E-state index contributed by atoms with van der Waals surface area (Å²) in [7, 11) is 0. The molecule has 0 aliphatic rings. The standard InChI is InChI=1S/C16H22O2/c1-12(2)14-8-5-13(6-9-14)7-10-15(18)16(3,4)11-17/h5-12,15,18H,1-4H3. The van der Waals surface area contributed by atoms with E-state index in [0.717, 1.165) is 11.8 Å². The van der Waals surface area contributed by atoms with Crippen molar-refractivity contribution in [2.75, 3.05) is 0 Å². The number of hydrogen-bond acceptors (Lipinski definition) is 2. The molecule has 0 radical (unpaired) electrons. The van der Waals surface area contributed by atoms with E-state index in [1.165, 1.54) is 5.56 Å². The molecular formula is C16H22O2. The Kier molecular flexibility index (Phi) is 4.85. The van der Waals surface area contributed by atoms with Crippen LogP contribution in [0.3, 0.4) is 0 Å². The first kappa shape index (κ1) is 14.7. The summed E-state index contributed by atoms with van der Waals surface area (Å²) in [6.45, 7) is 7.75. The minimum Gasteiger partial charge on any atom is -0.388 e. The van der Waals surface area contributed by atoms with E-state index in [2.05, 4.69) is 26.0 Å². The minimum atomic E-state index is -0.764. The minimum absolute atomic E-state index is 0.516. The molecule has 0 aromatic heterocycles. The predicted octanol–water partition coefficient (Wildman–Crippen LogP) is 3.41. The average Bonchev–Trinajstić information content (AvgIpc) is 2.36. The lowest BCUT2D eigenvalue weighted by Crippen LogP contribution is -2.28. The van der Waals surface area contributed by atoms with E-state index in [4.69, 9.17) is 0 Å². The highest BCUT2D eigenvalue weighted by atomic mass is 16.3. The molecule has 1 rings (SSSR count). The molecular weight excluding hydrogens is 224 g/mol. The second-order valence-electron chi connectivity index (χ2n) is 5.56. The lowest BCUT2D eigenvalue weighted by Gasteiger charge is -2.20. The van der Waals surface area contributed by atoms with E-state index >= 15 is 0 Å². The number of carbonyl (C=O) groups excluding carboxylic acids is 1. The van der Waals surface area contributed by atoms with Crippen LogP contribution in [0.15, 0.2) is 30.3 Å². The molecule has 1 atom stereocenters. The predicted molar refractivity (Wildman–Crippen MR) is 75.4 cm³/mol. The van der Waals surface area contributed by atoms with Crippen molar-refractivity contribution in [2.24, 2.45) is 5.41 Å². The van der Waals surface area contributed by atoms with E-state index < -0.39 is 11.5 Å². The van der Waals surface area contributed by atoms with Crippen molar-refractivity contribution < 1.29 is 9.90 Å². The molecule has 98 valence electrons. The van der Waals surface area contributed by atoms with E-state index in [-0.39, 0.29) is 0 Å². The number of benzene rings is 1. The molecule has 2 nitrogen and oxygen atoms in total. The number of hydrogen-bond donors (Lipinski definition) is 1. The smallest absolute Gasteiger partial charge is 0.128 e. The summed E-state index contributed by atoms with van der Waals surface area (Å²) in [6.07, 6.45) is 3.53. The second-order valence-corrected chi connectivity index (χ2v) is 5.56. The summed E-state index contributed by atoms with van der Waals surface area (Å²) in [4.78, 5) is 10.8. The average molecular weight is 246 g/mol. The van der Waals surface area contributed by atoms with Gasteiger partial charge in [-0.2, -0.15) is 0 Å². The molecule has 1 aromatic rings. The van der Waals surface area contributed by atoms with Gasteiger partial charge in [0.05, 0.1) is 6.10 Å². The van der Waals surface area contributed by atoms with Gasteiger partial charge in [0.15, 0.2) is 0 Å². The zero-order valence-electron chi connectivity index (χ0n) is 11.6. The molecule has 0 amide bonds. The summed E-state index contributed by atoms with van der Waals surface area (Å²) in [5.41, 5.74) is 1.58. The van der Waals surface area contributed by atoms with Gasteiger partial charge in [0.25, 0.3) is 0 Å². The van der Waals surface area contributed by atoms with Crippen molar-refractivity contribution in [2.45, 2.75) is 39.7 Å². The lowest BCUT2D eigenvalue weighted by atomic mass is 9.88. The van der Waals surface area contributed by atoms with Crippen molar-refractivity contribution in [3.05, 3.63) is 41.5 Å². The third-order valence-electron chi connectivity index (χ3n) is 3.14. The van der Waals surface area contributed by atoms with Crippen molar-refractivity contribution in [1.82, 2.24) is 0 Å². The highest BCUT2D eigenvalue weighted by Gasteiger charge is 2.24. The van der Waals surface area contributed by atoms with E-state index in [0.29, 0.717) is 5.92 Å². The Labute approximate surface area is 109 Å². The van der Waals surface area contributed by atoms with E-state index in [1.54, 1.807) is 19.9 Å². The molecule has 1 unspecified atom stereocenters. The van der Waals surface area contributed by atoms with Gasteiger partial charge in [-0.15, -0.1) is 0 Å². The molecule has 0 spiro atoms. The third kappa shape index (κ3) is 3.81. The summed E-state index contributed by atoms with van der Waals surface area (Å²) >= 11 is 0. The monoisotopic (exact) mass is 246 g/mol. The van der Waals surface area contributed by atoms with Crippen LogP contribution < -0.4 is 0 Å². The van der Waals surface area contributed by atoms with Crippen LogP contribution >= 0.6 is 0 Å². The molecule has 0 aliphatic carbocycles. The molecule has 1 N–H and O–H groups in total. The third-order valence-corrected chi connectivity index (χ3v) is 3.14. The Morgan fingerprint density at radius 1 is 1.17 bits per heavy atom. The number of aliphatic hydroxyl groups excluding tert-OH is 1. The summed E-state index contributed by atoms with van der Waals surface area (Å²) < 4.78 is 0. The van der Waals surface area contributed by atoms with Gasteiger partial charge in [-0.1, -0.05) is 64.1 Å². The van der Waals surface area contributed by atoms with Gasteiger partial charge in [0.1, 0.15) is 6.29 Å². The maximum absolute atomic E-state index is 10.8. The first-order valence-corrected chi connectivity index (χ1v) is 6.29. The largest absolute Gasteiger partial charge is 0.388 e. The Morgan fingerprint density at radius 3 is 2.17 bits per heavy atom. The van der Waals surface area contributed by atoms with Gasteiger partial charge in [-0.25, -0.2) is 0 Å². The number of carbonyl (C=O) groups is 1. The molecule has 0 aliphatic heterocycles. The van der Waals surface area contributed by atoms with Crippen LogP contribution in [0, 0.1) is 5.41 Å². The topological polar surface area (TPSA) is 37.3 Å². The van der Waals surface area contributed by atoms with Crippen LogP contribution in [0.25, 0.3) is 6.08 Å². The molecule has 18 heavy (non-hydrogen) atoms. The Morgan fingerprint density at radius 2 is 1.72 bits per heavy atom. The van der Waals surface area contributed by atoms with Gasteiger partial charge >= 0.3 is 0 Å². The Hall–Kier alpha value is -1.41. The van der Waals surface area contributed by atoms with Crippen molar-refractivity contribution >= 4 is 12.4 Å².